The van der Waals surface area contributed by atoms with Crippen molar-refractivity contribution in [1.29, 1.82) is 0 Å². The predicted molar refractivity (Wildman–Crippen MR) is 263 cm³/mol. The molecule has 0 unspecified atom stereocenters. The fourth-order valence-electron chi connectivity index (χ4n) is 9.31. The van der Waals surface area contributed by atoms with Crippen molar-refractivity contribution in [2.24, 2.45) is 0 Å². The van der Waals surface area contributed by atoms with Crippen molar-refractivity contribution in [2.75, 3.05) is 11.9 Å². The van der Waals surface area contributed by atoms with Crippen molar-refractivity contribution in [3.63, 3.8) is 0 Å². The zero-order valence-electron chi connectivity index (χ0n) is 38.1. The van der Waals surface area contributed by atoms with E-state index in [0.717, 1.165) is 6.33 Å². The van der Waals surface area contributed by atoms with Crippen LogP contribution in [-0.2, 0) is 39.7 Å². The molecule has 9 aromatic rings. The Labute approximate surface area is 412 Å². The number of hydrogen-bond acceptors (Lipinski definition) is 10. The number of benzene rings is 7. The summed E-state index contributed by atoms with van der Waals surface area (Å²) >= 11 is 0. The molecule has 1 aliphatic rings. The Morgan fingerprint density at radius 2 is 0.986 bits per heavy atom. The van der Waals surface area contributed by atoms with E-state index >= 15 is 0 Å². The van der Waals surface area contributed by atoms with Gasteiger partial charge >= 0.3 is 15.6 Å². The lowest BCUT2D eigenvalue weighted by Crippen LogP contribution is -2.48. The summed E-state index contributed by atoms with van der Waals surface area (Å²) in [6, 6.07) is 63.8. The van der Waals surface area contributed by atoms with Crippen LogP contribution in [0.25, 0.3) is 11.2 Å². The first kappa shape index (κ1) is 47.8. The highest BCUT2D eigenvalue weighted by Crippen LogP contribution is 2.48. The lowest BCUT2D eigenvalue weighted by molar-refractivity contribution is -0.131. The van der Waals surface area contributed by atoms with Gasteiger partial charge in [0, 0.05) is 5.56 Å². The summed E-state index contributed by atoms with van der Waals surface area (Å²) in [6.45, 7) is -0.430. The fraction of sp³-hybridized carbons (Fsp3) is 0.143. The smallest absolute Gasteiger partial charge is 0.358 e. The van der Waals surface area contributed by atoms with Gasteiger partial charge in [-0.25, -0.2) is 15.0 Å². The minimum Gasteiger partial charge on any atom is -0.358 e. The maximum atomic E-state index is 14.8. The number of rotatable bonds is 16. The van der Waals surface area contributed by atoms with Crippen molar-refractivity contribution in [1.82, 2.24) is 19.5 Å². The first-order chi connectivity index (χ1) is 35.0. The van der Waals surface area contributed by atoms with Crippen molar-refractivity contribution < 1.29 is 44.8 Å². The van der Waals surface area contributed by atoms with Gasteiger partial charge in [-0.15, -0.1) is 0 Å². The summed E-state index contributed by atoms with van der Waals surface area (Å²) in [7, 11) is -6.42. The second-order valence-electron chi connectivity index (χ2n) is 16.8. The molecule has 362 valence electrons. The first-order valence-corrected chi connectivity index (χ1v) is 24.2. The molecule has 7 aromatic carbocycles. The van der Waals surface area contributed by atoms with Gasteiger partial charge in [0.05, 0.1) is 12.9 Å². The number of alkyl halides is 3. The van der Waals surface area contributed by atoms with Gasteiger partial charge in [-0.1, -0.05) is 200 Å². The Bertz CT molecular complexity index is 3170. The molecule has 3 heterocycles. The van der Waals surface area contributed by atoms with E-state index in [1.807, 2.05) is 146 Å². The van der Waals surface area contributed by atoms with Crippen molar-refractivity contribution in [3.05, 3.63) is 264 Å². The molecule has 12 nitrogen and oxygen atoms in total. The number of imidazole rings is 1. The summed E-state index contributed by atoms with van der Waals surface area (Å²) < 4.78 is 100. The Balaban J connectivity index is 1.19. The first-order valence-electron chi connectivity index (χ1n) is 22.8. The second kappa shape index (κ2) is 20.1. The molecule has 16 heteroatoms. The van der Waals surface area contributed by atoms with E-state index in [1.165, 1.54) is 10.9 Å². The number of amides is 1. The van der Waals surface area contributed by atoms with E-state index in [4.69, 9.17) is 18.4 Å². The number of carbonyl (C=O) groups is 1. The van der Waals surface area contributed by atoms with Gasteiger partial charge in [0.1, 0.15) is 29.7 Å². The third-order valence-corrected chi connectivity index (χ3v) is 13.6. The summed E-state index contributed by atoms with van der Waals surface area (Å²) in [5.74, 6) is -0.559. The average Bonchev–Trinajstić information content (AvgIpc) is 4.00. The predicted octanol–water partition coefficient (Wildman–Crippen LogP) is 10.6. The van der Waals surface area contributed by atoms with Crippen LogP contribution < -0.4 is 5.32 Å². The van der Waals surface area contributed by atoms with E-state index in [9.17, 15) is 26.4 Å². The molecule has 0 spiro atoms. The quantitative estimate of drug-likeness (QED) is 0.0564. The summed E-state index contributed by atoms with van der Waals surface area (Å²) in [5.41, 5.74) is -4.88. The average molecular weight is 988 g/mol. The maximum absolute atomic E-state index is 14.8. The SMILES string of the molecule is O=C(Nc1ncnc2c1ncn2[C@@H]1O[C@H](COC(c2ccccc2)(c2ccccc2)c2ccccc2)[C@@H](OC(c2ccccc2)(c2ccccc2)c2ccccc2)[C@H]1OS(=O)(=O)C(F)(F)F)c1ccccc1. The minimum absolute atomic E-state index is 0.0171. The topological polar surface area (TPSA) is 144 Å². The number of nitrogens with zero attached hydrogens (tertiary/aromatic N) is 4. The van der Waals surface area contributed by atoms with Gasteiger partial charge in [-0.3, -0.25) is 13.5 Å². The van der Waals surface area contributed by atoms with Gasteiger partial charge in [-0.05, 0) is 45.5 Å². The summed E-state index contributed by atoms with van der Waals surface area (Å²) in [4.78, 5) is 26.6. The molecular formula is C56H44F3N5O7S. The highest BCUT2D eigenvalue weighted by Gasteiger charge is 2.58. The molecule has 1 fully saturated rings. The van der Waals surface area contributed by atoms with Crippen LogP contribution in [0.5, 0.6) is 0 Å². The molecule has 0 radical (unpaired) electrons. The molecule has 0 saturated carbocycles. The zero-order chi connectivity index (χ0) is 49.8. The van der Waals surface area contributed by atoms with Crippen LogP contribution in [0.2, 0.25) is 0 Å². The standard InChI is InChI=1S/C56H44F3N5O7S/c57-56(58,59)72(66,67)71-49-48(70-55(43-30-16-5-17-31-43,44-32-18-6-19-33-44)45-34-20-7-21-35-45)46(36-68-54(40-24-10-2-11-25-40,41-26-12-3-13-27-41)42-28-14-4-15-29-42)69-53(49)64-38-62-47-50(60-37-61-51(47)64)63-52(65)39-22-8-1-9-23-39/h1-35,37-38,46,48-49,53H,36H2,(H,60,61,63,65)/t46-,48-,49-,53-/m1/s1. The van der Waals surface area contributed by atoms with E-state index in [1.54, 1.807) is 66.7 Å². The highest BCUT2D eigenvalue weighted by molar-refractivity contribution is 7.87. The Kier molecular flexibility index (Phi) is 13.3. The molecule has 10 rings (SSSR count). The van der Waals surface area contributed by atoms with Gasteiger partial charge in [0.25, 0.3) is 5.91 Å². The Morgan fingerprint density at radius 1 is 0.569 bits per heavy atom. The van der Waals surface area contributed by atoms with Crippen LogP contribution in [0.1, 0.15) is 50.0 Å². The van der Waals surface area contributed by atoms with E-state index < -0.39 is 63.9 Å². The van der Waals surface area contributed by atoms with E-state index in [0.29, 0.717) is 38.9 Å². The lowest BCUT2D eigenvalue weighted by Gasteiger charge is -2.41. The molecular weight excluding hydrogens is 944 g/mol. The van der Waals surface area contributed by atoms with Crippen LogP contribution in [0, 0.1) is 0 Å². The molecule has 1 amide bonds. The molecule has 72 heavy (non-hydrogen) atoms. The number of halogens is 3. The van der Waals surface area contributed by atoms with E-state index in [-0.39, 0.29) is 17.0 Å². The Morgan fingerprint density at radius 3 is 1.42 bits per heavy atom. The second-order valence-corrected chi connectivity index (χ2v) is 18.4. The summed E-state index contributed by atoms with van der Waals surface area (Å²) in [6.07, 6.45) is -4.70. The third-order valence-electron chi connectivity index (χ3n) is 12.6. The maximum Gasteiger partial charge on any atom is 0.523 e. The molecule has 2 aromatic heterocycles. The molecule has 1 saturated heterocycles. The number of anilines is 1. The number of nitrogens with one attached hydrogen (secondary N) is 1. The van der Waals surface area contributed by atoms with Crippen LogP contribution in [-0.4, -0.2) is 64.3 Å². The molecule has 1 aliphatic heterocycles. The summed E-state index contributed by atoms with van der Waals surface area (Å²) in [5, 5.41) is 2.73. The minimum atomic E-state index is -6.42. The van der Waals surface area contributed by atoms with Gasteiger partial charge in [-0.2, -0.15) is 21.6 Å². The van der Waals surface area contributed by atoms with Crippen molar-refractivity contribution in [3.8, 4) is 0 Å². The van der Waals surface area contributed by atoms with E-state index in [2.05, 4.69) is 20.3 Å². The van der Waals surface area contributed by atoms with Gasteiger partial charge < -0.3 is 19.5 Å². The normalized spacial score (nSPS) is 17.4. The molecule has 1 N–H and O–H groups in total. The van der Waals surface area contributed by atoms with Crippen LogP contribution in [0.3, 0.4) is 0 Å². The highest BCUT2D eigenvalue weighted by atomic mass is 32.2. The molecule has 0 bridgehead atoms. The number of hydrogen-bond donors (Lipinski definition) is 1. The van der Waals surface area contributed by atoms with Gasteiger partial charge in [0.2, 0.25) is 0 Å². The van der Waals surface area contributed by atoms with Crippen LogP contribution in [0.4, 0.5) is 19.0 Å². The lowest BCUT2D eigenvalue weighted by atomic mass is 9.79. The molecule has 4 atom stereocenters. The number of ether oxygens (including phenoxy) is 3. The zero-order valence-corrected chi connectivity index (χ0v) is 38.9. The third kappa shape index (κ3) is 9.06. The number of aromatic nitrogens is 4. The van der Waals surface area contributed by atoms with Crippen LogP contribution in [0.15, 0.2) is 225 Å². The van der Waals surface area contributed by atoms with Crippen molar-refractivity contribution in [2.45, 2.75) is 41.3 Å². The molecule has 0 aliphatic carbocycles. The fourth-order valence-corrected chi connectivity index (χ4v) is 9.92. The van der Waals surface area contributed by atoms with Gasteiger partial charge in [0.15, 0.2) is 29.3 Å². The monoisotopic (exact) mass is 987 g/mol. The number of carbonyl (C=O) groups excluding carboxylic acids is 1. The van der Waals surface area contributed by atoms with Crippen molar-refractivity contribution >= 4 is 33.0 Å². The largest absolute Gasteiger partial charge is 0.523 e. The number of fused-ring (bicyclic) bond motifs is 1. The van der Waals surface area contributed by atoms with Crippen LogP contribution >= 0.6 is 0 Å². The Hall–Kier alpha value is -7.86.